The second-order valence-electron chi connectivity index (χ2n) is 6.71. The lowest BCUT2D eigenvalue weighted by Crippen LogP contribution is -2.39. The second kappa shape index (κ2) is 10.6. The molecule has 7 nitrogen and oxygen atoms in total. The highest BCUT2D eigenvalue weighted by atomic mass is 35.5. The predicted molar refractivity (Wildman–Crippen MR) is 121 cm³/mol. The fourth-order valence-corrected chi connectivity index (χ4v) is 3.32. The van der Waals surface area contributed by atoms with Gasteiger partial charge >= 0.3 is 0 Å². The molecule has 3 aromatic rings. The Labute approximate surface area is 185 Å². The van der Waals surface area contributed by atoms with E-state index in [0.717, 1.165) is 11.1 Å². The van der Waals surface area contributed by atoms with Gasteiger partial charge in [0.2, 0.25) is 5.91 Å². The van der Waals surface area contributed by atoms with Gasteiger partial charge in [0.25, 0.3) is 5.91 Å². The number of methoxy groups -OCH3 is 1. The molecule has 0 aromatic heterocycles. The van der Waals surface area contributed by atoms with Gasteiger partial charge in [-0.15, -0.1) is 0 Å². The van der Waals surface area contributed by atoms with Crippen molar-refractivity contribution in [2.45, 2.75) is 6.04 Å². The zero-order valence-electron chi connectivity index (χ0n) is 16.9. The highest BCUT2D eigenvalue weighted by Gasteiger charge is 2.20. The number of hydrogen-bond donors (Lipinski definition) is 4. The quantitative estimate of drug-likeness (QED) is 0.245. The third kappa shape index (κ3) is 5.82. The maximum Gasteiger partial charge on any atom is 0.255 e. The summed E-state index contributed by atoms with van der Waals surface area (Å²) in [7, 11) is 1.54. The molecule has 0 aliphatic heterocycles. The predicted octanol–water partition coefficient (Wildman–Crippen LogP) is 3.27. The molecule has 5 N–H and O–H groups in total. The lowest BCUT2D eigenvalue weighted by atomic mass is 9.96. The van der Waals surface area contributed by atoms with Gasteiger partial charge in [-0.25, -0.2) is 5.84 Å². The molecule has 0 bridgehead atoms. The van der Waals surface area contributed by atoms with Crippen molar-refractivity contribution in [2.24, 2.45) is 5.84 Å². The number of halogens is 1. The summed E-state index contributed by atoms with van der Waals surface area (Å²) >= 11 is 6.22. The van der Waals surface area contributed by atoms with Crippen molar-refractivity contribution in [1.29, 1.82) is 0 Å². The minimum Gasteiger partial charge on any atom is -0.497 e. The highest BCUT2D eigenvalue weighted by Crippen LogP contribution is 2.31. The van der Waals surface area contributed by atoms with Gasteiger partial charge in [0.1, 0.15) is 5.75 Å². The van der Waals surface area contributed by atoms with Crippen molar-refractivity contribution in [3.05, 3.63) is 94.5 Å². The van der Waals surface area contributed by atoms with Crippen molar-refractivity contribution in [3.8, 4) is 5.75 Å². The molecule has 0 heterocycles. The number of nitrogens with one attached hydrogen (secondary N) is 3. The molecule has 0 radical (unpaired) electrons. The molecule has 0 unspecified atom stereocenters. The third-order valence-electron chi connectivity index (χ3n) is 4.67. The summed E-state index contributed by atoms with van der Waals surface area (Å²) in [6.45, 7) is -0.0119. The molecule has 8 heteroatoms. The van der Waals surface area contributed by atoms with Crippen LogP contribution in [-0.2, 0) is 4.79 Å². The van der Waals surface area contributed by atoms with Gasteiger partial charge in [0.05, 0.1) is 19.7 Å². The molecule has 0 aliphatic rings. The Bertz CT molecular complexity index is 1060. The Balaban J connectivity index is 1.96. The number of amides is 2. The zero-order chi connectivity index (χ0) is 22.2. The topological polar surface area (TPSA) is 105 Å². The molecule has 3 aromatic carbocycles. The Morgan fingerprint density at radius 1 is 1.03 bits per heavy atom. The molecule has 160 valence electrons. The number of rotatable bonds is 8. The maximum atomic E-state index is 12.9. The van der Waals surface area contributed by atoms with Crippen LogP contribution in [-0.4, -0.2) is 25.5 Å². The van der Waals surface area contributed by atoms with Crippen LogP contribution < -0.4 is 26.6 Å². The largest absolute Gasteiger partial charge is 0.497 e. The fraction of sp³-hybridized carbons (Fsp3) is 0.130. The maximum absolute atomic E-state index is 12.9. The number of nitrogens with two attached hydrogens (primary N) is 1. The number of carbonyl (C=O) groups excluding carboxylic acids is 2. The standard InChI is InChI=1S/C23H23ClN4O3/c1-31-18-9-5-8-16(12-18)23(30)27-20-13-17(24)10-11-19(20)22(26-14-21(29)28-25)15-6-3-2-4-7-15/h2-13,22,26H,14,25H2,1H3,(H,27,30)(H,28,29)/t22-/m0/s1. The van der Waals surface area contributed by atoms with Gasteiger partial charge in [-0.05, 0) is 41.5 Å². The van der Waals surface area contributed by atoms with Crippen LogP contribution in [0.5, 0.6) is 5.75 Å². The van der Waals surface area contributed by atoms with E-state index in [0.29, 0.717) is 22.0 Å². The van der Waals surface area contributed by atoms with Crippen molar-refractivity contribution in [3.63, 3.8) is 0 Å². The van der Waals surface area contributed by atoms with E-state index in [-0.39, 0.29) is 18.4 Å². The van der Waals surface area contributed by atoms with Gasteiger partial charge in [0, 0.05) is 16.3 Å². The molecular weight excluding hydrogens is 416 g/mol. The van der Waals surface area contributed by atoms with Crippen LogP contribution >= 0.6 is 11.6 Å². The zero-order valence-corrected chi connectivity index (χ0v) is 17.6. The molecular formula is C23H23ClN4O3. The Kier molecular flexibility index (Phi) is 7.61. The average molecular weight is 439 g/mol. The van der Waals surface area contributed by atoms with Crippen molar-refractivity contribution in [2.75, 3.05) is 19.0 Å². The van der Waals surface area contributed by atoms with E-state index in [9.17, 15) is 9.59 Å². The van der Waals surface area contributed by atoms with Crippen molar-refractivity contribution < 1.29 is 14.3 Å². The molecule has 31 heavy (non-hydrogen) atoms. The molecule has 1 atom stereocenters. The van der Waals surface area contributed by atoms with Gasteiger partial charge in [-0.2, -0.15) is 0 Å². The Morgan fingerprint density at radius 2 is 1.81 bits per heavy atom. The molecule has 0 spiro atoms. The van der Waals surface area contributed by atoms with Gasteiger partial charge in [0.15, 0.2) is 0 Å². The minimum atomic E-state index is -0.392. The fourth-order valence-electron chi connectivity index (χ4n) is 3.15. The van der Waals surface area contributed by atoms with Crippen LogP contribution in [0.15, 0.2) is 72.8 Å². The van der Waals surface area contributed by atoms with Gasteiger partial charge < -0.3 is 10.1 Å². The van der Waals surface area contributed by atoms with E-state index in [1.807, 2.05) is 36.4 Å². The summed E-state index contributed by atoms with van der Waals surface area (Å²) in [5.74, 6) is 5.12. The smallest absolute Gasteiger partial charge is 0.255 e. The van der Waals surface area contributed by atoms with Gasteiger partial charge in [-0.3, -0.25) is 20.3 Å². The van der Waals surface area contributed by atoms with Gasteiger partial charge in [-0.1, -0.05) is 54.1 Å². The lowest BCUT2D eigenvalue weighted by Gasteiger charge is -2.23. The number of carbonyl (C=O) groups is 2. The third-order valence-corrected chi connectivity index (χ3v) is 4.90. The van der Waals surface area contributed by atoms with Crippen LogP contribution in [0.3, 0.4) is 0 Å². The van der Waals surface area contributed by atoms with Crippen LogP contribution in [0.1, 0.15) is 27.5 Å². The first kappa shape index (κ1) is 22.3. The lowest BCUT2D eigenvalue weighted by molar-refractivity contribution is -0.120. The first-order valence-electron chi connectivity index (χ1n) is 9.54. The Hall–Kier alpha value is -3.39. The second-order valence-corrected chi connectivity index (χ2v) is 7.15. The number of benzene rings is 3. The van der Waals surface area contributed by atoms with E-state index in [1.165, 1.54) is 0 Å². The van der Waals surface area contributed by atoms with Crippen molar-refractivity contribution >= 4 is 29.1 Å². The van der Waals surface area contributed by atoms with Crippen LogP contribution in [0.2, 0.25) is 5.02 Å². The molecule has 0 aliphatic carbocycles. The summed E-state index contributed by atoms with van der Waals surface area (Å²) in [4.78, 5) is 24.6. The van der Waals surface area contributed by atoms with E-state index >= 15 is 0 Å². The summed E-state index contributed by atoms with van der Waals surface area (Å²) in [5, 5.41) is 6.58. The number of hydrogen-bond acceptors (Lipinski definition) is 5. The van der Waals surface area contributed by atoms with Crippen LogP contribution in [0.25, 0.3) is 0 Å². The highest BCUT2D eigenvalue weighted by molar-refractivity contribution is 6.31. The monoisotopic (exact) mass is 438 g/mol. The van der Waals surface area contributed by atoms with Crippen LogP contribution in [0, 0.1) is 0 Å². The van der Waals surface area contributed by atoms with E-state index < -0.39 is 6.04 Å². The number of ether oxygens (including phenoxy) is 1. The van der Waals surface area contributed by atoms with Crippen molar-refractivity contribution in [1.82, 2.24) is 10.7 Å². The molecule has 2 amide bonds. The van der Waals surface area contributed by atoms with E-state index in [2.05, 4.69) is 16.1 Å². The minimum absolute atomic E-state index is 0.0119. The summed E-state index contributed by atoms with van der Waals surface area (Å²) < 4.78 is 5.20. The SMILES string of the molecule is COc1cccc(C(=O)Nc2cc(Cl)ccc2[C@@H](NCC(=O)NN)c2ccccc2)c1. The average Bonchev–Trinajstić information content (AvgIpc) is 2.80. The van der Waals surface area contributed by atoms with E-state index in [1.54, 1.807) is 43.5 Å². The van der Waals surface area contributed by atoms with E-state index in [4.69, 9.17) is 22.2 Å². The molecule has 0 fully saturated rings. The molecule has 0 saturated carbocycles. The molecule has 3 rings (SSSR count). The first-order chi connectivity index (χ1) is 15.0. The summed E-state index contributed by atoms with van der Waals surface area (Å²) in [6.07, 6.45) is 0. The summed E-state index contributed by atoms with van der Waals surface area (Å²) in [6, 6.07) is 21.2. The Morgan fingerprint density at radius 3 is 2.52 bits per heavy atom. The number of hydrazine groups is 1. The number of anilines is 1. The first-order valence-corrected chi connectivity index (χ1v) is 9.92. The van der Waals surface area contributed by atoms with Crippen LogP contribution in [0.4, 0.5) is 5.69 Å². The molecule has 0 saturated heterocycles. The summed E-state index contributed by atoms with van der Waals surface area (Å²) in [5.41, 5.74) is 4.73. The normalized spacial score (nSPS) is 11.5.